The number of morpholine rings is 1. The van der Waals surface area contributed by atoms with Gasteiger partial charge in [0.1, 0.15) is 12.2 Å². The maximum atomic E-state index is 12.9. The first kappa shape index (κ1) is 20.9. The van der Waals surface area contributed by atoms with Crippen molar-refractivity contribution in [1.29, 1.82) is 0 Å². The molecular weight excluding hydrogens is 408 g/mol. The number of hydrogen-bond donors (Lipinski definition) is 1. The molecule has 1 saturated carbocycles. The van der Waals surface area contributed by atoms with Crippen LogP contribution in [0.3, 0.4) is 0 Å². The minimum Gasteiger partial charge on any atom is -0.378 e. The van der Waals surface area contributed by atoms with Gasteiger partial charge in [0.05, 0.1) is 25.0 Å². The van der Waals surface area contributed by atoms with Crippen LogP contribution in [-0.4, -0.2) is 72.5 Å². The molecule has 10 nitrogen and oxygen atoms in total. The quantitative estimate of drug-likeness (QED) is 0.650. The maximum Gasteiger partial charge on any atom is 0.225 e. The van der Waals surface area contributed by atoms with E-state index in [1.165, 1.54) is 0 Å². The average Bonchev–Trinajstić information content (AvgIpc) is 3.52. The van der Waals surface area contributed by atoms with Crippen LogP contribution in [0.4, 0.5) is 5.82 Å². The Hall–Kier alpha value is -3.01. The van der Waals surface area contributed by atoms with Crippen LogP contribution in [0.15, 0.2) is 12.5 Å². The van der Waals surface area contributed by atoms with Gasteiger partial charge in [-0.1, -0.05) is 0 Å². The fraction of sp³-hybridized carbons (Fsp3) is 0.591. The molecule has 3 aromatic heterocycles. The molecule has 1 amide bonds. The lowest BCUT2D eigenvalue weighted by atomic mass is 10.1. The second kappa shape index (κ2) is 8.50. The molecule has 10 heteroatoms. The van der Waals surface area contributed by atoms with Gasteiger partial charge in [0, 0.05) is 44.3 Å². The van der Waals surface area contributed by atoms with Crippen LogP contribution in [-0.2, 0) is 23.1 Å². The van der Waals surface area contributed by atoms with E-state index in [-0.39, 0.29) is 17.9 Å². The van der Waals surface area contributed by atoms with Crippen molar-refractivity contribution in [2.75, 3.05) is 31.6 Å². The summed E-state index contributed by atoms with van der Waals surface area (Å²) >= 11 is 0. The summed E-state index contributed by atoms with van der Waals surface area (Å²) in [5, 5.41) is 8.01. The molecule has 5 rings (SSSR count). The van der Waals surface area contributed by atoms with Crippen LogP contribution < -0.4 is 5.32 Å². The molecule has 0 aromatic carbocycles. The summed E-state index contributed by atoms with van der Waals surface area (Å²) in [5.74, 6) is 1.87. The fourth-order valence-electron chi connectivity index (χ4n) is 4.90. The molecule has 2 fully saturated rings. The minimum absolute atomic E-state index is 0.0600. The van der Waals surface area contributed by atoms with E-state index >= 15 is 0 Å². The van der Waals surface area contributed by atoms with Gasteiger partial charge in [-0.2, -0.15) is 5.10 Å². The summed E-state index contributed by atoms with van der Waals surface area (Å²) in [5.41, 5.74) is 3.60. The van der Waals surface area contributed by atoms with Crippen molar-refractivity contribution in [2.24, 2.45) is 13.0 Å². The van der Waals surface area contributed by atoms with E-state index in [0.717, 1.165) is 59.9 Å². The predicted molar refractivity (Wildman–Crippen MR) is 120 cm³/mol. The molecule has 1 N–H and O–H groups in total. The van der Waals surface area contributed by atoms with E-state index in [9.17, 15) is 4.79 Å². The van der Waals surface area contributed by atoms with Gasteiger partial charge < -0.3 is 19.5 Å². The first-order valence-electron chi connectivity index (χ1n) is 11.4. The number of carbonyl (C=O) groups is 1. The Morgan fingerprint density at radius 3 is 2.81 bits per heavy atom. The second-order valence-corrected chi connectivity index (χ2v) is 8.64. The zero-order valence-electron chi connectivity index (χ0n) is 18.9. The number of anilines is 1. The molecule has 32 heavy (non-hydrogen) atoms. The van der Waals surface area contributed by atoms with E-state index in [1.807, 2.05) is 27.4 Å². The molecule has 0 spiro atoms. The average molecular weight is 439 g/mol. The third kappa shape index (κ3) is 3.62. The molecule has 0 bridgehead atoms. The van der Waals surface area contributed by atoms with Crippen molar-refractivity contribution in [2.45, 2.75) is 45.7 Å². The molecular formula is C22H30N8O2. The van der Waals surface area contributed by atoms with Gasteiger partial charge in [-0.25, -0.2) is 15.0 Å². The van der Waals surface area contributed by atoms with Crippen LogP contribution in [0.25, 0.3) is 22.6 Å². The lowest BCUT2D eigenvalue weighted by Crippen LogP contribution is -2.43. The van der Waals surface area contributed by atoms with E-state index in [1.54, 1.807) is 6.33 Å². The monoisotopic (exact) mass is 438 g/mol. The number of ether oxygens (including phenoxy) is 1. The highest BCUT2D eigenvalue weighted by Crippen LogP contribution is 2.32. The number of nitrogens with one attached hydrogen (secondary N) is 1. The number of aryl methyl sites for hydroxylation is 2. The van der Waals surface area contributed by atoms with Gasteiger partial charge >= 0.3 is 0 Å². The first-order chi connectivity index (χ1) is 15.6. The Morgan fingerprint density at radius 2 is 2.06 bits per heavy atom. The van der Waals surface area contributed by atoms with Gasteiger partial charge in [-0.05, 0) is 33.1 Å². The number of amides is 1. The topological polar surface area (TPSA) is 103 Å². The second-order valence-electron chi connectivity index (χ2n) is 8.64. The van der Waals surface area contributed by atoms with Crippen molar-refractivity contribution in [1.82, 2.24) is 34.2 Å². The Kier molecular flexibility index (Phi) is 5.54. The summed E-state index contributed by atoms with van der Waals surface area (Å²) in [4.78, 5) is 28.7. The number of imidazole rings is 1. The standard InChI is InChI=1S/C22H30N8O2/c1-4-30-14(2)17(12-25-30)20-27-18-19(23-13-24-21(18)28(20)3)26-16-6-5-15(11-16)22(31)29-7-9-32-10-8-29/h12-13,15-16H,4-11H2,1-3H3,(H,23,24,26)/t15-,16+/m1/s1. The Morgan fingerprint density at radius 1 is 1.25 bits per heavy atom. The van der Waals surface area contributed by atoms with Crippen molar-refractivity contribution in [3.63, 3.8) is 0 Å². The van der Waals surface area contributed by atoms with Crippen LogP contribution >= 0.6 is 0 Å². The summed E-state index contributed by atoms with van der Waals surface area (Å²) in [6, 6.07) is 0.193. The van der Waals surface area contributed by atoms with E-state index in [4.69, 9.17) is 9.72 Å². The Bertz CT molecular complexity index is 1130. The summed E-state index contributed by atoms with van der Waals surface area (Å²) in [6.07, 6.45) is 6.08. The highest BCUT2D eigenvalue weighted by Gasteiger charge is 2.33. The molecule has 0 radical (unpaired) electrons. The molecule has 1 aliphatic carbocycles. The van der Waals surface area contributed by atoms with Crippen molar-refractivity contribution in [3.8, 4) is 11.4 Å². The van der Waals surface area contributed by atoms with Crippen LogP contribution in [0.2, 0.25) is 0 Å². The third-order valence-corrected chi connectivity index (χ3v) is 6.75. The maximum absolute atomic E-state index is 12.9. The summed E-state index contributed by atoms with van der Waals surface area (Å²) < 4.78 is 9.33. The zero-order chi connectivity index (χ0) is 22.2. The van der Waals surface area contributed by atoms with Gasteiger partial charge in [0.15, 0.2) is 17.0 Å². The van der Waals surface area contributed by atoms with E-state index in [2.05, 4.69) is 34.2 Å². The summed E-state index contributed by atoms with van der Waals surface area (Å²) in [6.45, 7) is 7.62. The molecule has 0 unspecified atom stereocenters. The van der Waals surface area contributed by atoms with Gasteiger partial charge in [0.25, 0.3) is 0 Å². The van der Waals surface area contributed by atoms with Crippen LogP contribution in [0, 0.1) is 12.8 Å². The molecule has 2 atom stereocenters. The Balaban J connectivity index is 1.36. The number of hydrogen-bond acceptors (Lipinski definition) is 7. The van der Waals surface area contributed by atoms with Crippen molar-refractivity contribution < 1.29 is 9.53 Å². The van der Waals surface area contributed by atoms with Crippen molar-refractivity contribution in [3.05, 3.63) is 18.2 Å². The van der Waals surface area contributed by atoms with Crippen LogP contribution in [0.1, 0.15) is 31.9 Å². The van der Waals surface area contributed by atoms with E-state index in [0.29, 0.717) is 26.3 Å². The summed E-state index contributed by atoms with van der Waals surface area (Å²) in [7, 11) is 1.97. The van der Waals surface area contributed by atoms with Gasteiger partial charge in [-0.3, -0.25) is 9.48 Å². The fourth-order valence-corrected chi connectivity index (χ4v) is 4.90. The normalized spacial score (nSPS) is 21.4. The Labute approximate surface area is 187 Å². The number of aromatic nitrogens is 6. The lowest BCUT2D eigenvalue weighted by Gasteiger charge is -2.29. The molecule has 1 aliphatic heterocycles. The zero-order valence-corrected chi connectivity index (χ0v) is 18.9. The third-order valence-electron chi connectivity index (χ3n) is 6.75. The van der Waals surface area contributed by atoms with Crippen molar-refractivity contribution >= 4 is 22.9 Å². The molecule has 4 heterocycles. The number of nitrogens with zero attached hydrogens (tertiary/aromatic N) is 7. The largest absolute Gasteiger partial charge is 0.378 e. The molecule has 2 aliphatic rings. The first-order valence-corrected chi connectivity index (χ1v) is 11.4. The van der Waals surface area contributed by atoms with Gasteiger partial charge in [0.2, 0.25) is 5.91 Å². The smallest absolute Gasteiger partial charge is 0.225 e. The van der Waals surface area contributed by atoms with E-state index < -0.39 is 0 Å². The lowest BCUT2D eigenvalue weighted by molar-refractivity contribution is -0.139. The number of fused-ring (bicyclic) bond motifs is 1. The molecule has 3 aromatic rings. The van der Waals surface area contributed by atoms with Gasteiger partial charge in [-0.15, -0.1) is 0 Å². The van der Waals surface area contributed by atoms with Crippen LogP contribution in [0.5, 0.6) is 0 Å². The SMILES string of the molecule is CCn1ncc(-c2nc3c(N[C@H]4CC[C@@H](C(=O)N5CCOCC5)C4)ncnc3n2C)c1C. The molecule has 170 valence electrons. The minimum atomic E-state index is 0.0600. The molecule has 1 saturated heterocycles. The number of rotatable bonds is 5. The predicted octanol–water partition coefficient (Wildman–Crippen LogP) is 1.99. The highest BCUT2D eigenvalue weighted by atomic mass is 16.5. The highest BCUT2D eigenvalue weighted by molar-refractivity contribution is 5.86. The number of carbonyl (C=O) groups excluding carboxylic acids is 1.